The highest BCUT2D eigenvalue weighted by Gasteiger charge is 2.35. The van der Waals surface area contributed by atoms with E-state index in [4.69, 9.17) is 13.9 Å². The van der Waals surface area contributed by atoms with Crippen molar-refractivity contribution in [3.05, 3.63) is 64.6 Å². The molecule has 1 aliphatic rings. The molecule has 0 radical (unpaired) electrons. The molecule has 0 atom stereocenters. The van der Waals surface area contributed by atoms with Crippen molar-refractivity contribution < 1.29 is 27.1 Å². The van der Waals surface area contributed by atoms with E-state index in [0.29, 0.717) is 22.3 Å². The Morgan fingerprint density at radius 2 is 1.82 bits per heavy atom. The number of pyridine rings is 1. The van der Waals surface area contributed by atoms with Crippen molar-refractivity contribution in [2.45, 2.75) is 6.18 Å². The van der Waals surface area contributed by atoms with E-state index in [1.165, 1.54) is 12.3 Å². The van der Waals surface area contributed by atoms with E-state index in [-0.39, 0.29) is 23.3 Å². The summed E-state index contributed by atoms with van der Waals surface area (Å²) < 4.78 is 56.3. The number of benzene rings is 2. The second-order valence-electron chi connectivity index (χ2n) is 6.24. The van der Waals surface area contributed by atoms with Gasteiger partial charge in [-0.15, -0.1) is 0 Å². The molecule has 0 saturated heterocycles. The van der Waals surface area contributed by atoms with Crippen molar-refractivity contribution >= 4 is 21.7 Å². The molecule has 0 fully saturated rings. The van der Waals surface area contributed by atoms with Crippen molar-refractivity contribution in [1.82, 2.24) is 4.98 Å². The fourth-order valence-electron chi connectivity index (χ4n) is 3.35. The number of rotatable bonds is 1. The largest absolute Gasteiger partial charge is 0.463 e. The van der Waals surface area contributed by atoms with Crippen molar-refractivity contribution in [2.24, 2.45) is 0 Å². The summed E-state index contributed by atoms with van der Waals surface area (Å²) in [4.78, 5) is 17.0. The van der Waals surface area contributed by atoms with Crippen molar-refractivity contribution in [1.29, 1.82) is 0 Å². The van der Waals surface area contributed by atoms with Gasteiger partial charge in [-0.3, -0.25) is 9.78 Å². The van der Waals surface area contributed by atoms with E-state index < -0.39 is 22.9 Å². The van der Waals surface area contributed by atoms with Gasteiger partial charge >= 0.3 is 6.18 Å². The van der Waals surface area contributed by atoms with Crippen LogP contribution in [0, 0.1) is 0 Å². The Bertz CT molecular complexity index is 1310. The number of ether oxygens (including phenoxy) is 2. The first-order chi connectivity index (χ1) is 13.4. The van der Waals surface area contributed by atoms with Gasteiger partial charge in [-0.05, 0) is 35.7 Å². The number of halogens is 3. The molecule has 8 heteroatoms. The zero-order valence-electron chi connectivity index (χ0n) is 14.0. The van der Waals surface area contributed by atoms with Gasteiger partial charge in [0.2, 0.25) is 12.2 Å². The summed E-state index contributed by atoms with van der Waals surface area (Å²) in [6.45, 7) is 0.0618. The summed E-state index contributed by atoms with van der Waals surface area (Å²) in [5.74, 6) is 0.995. The smallest absolute Gasteiger partial charge is 0.418 e. The topological polar surface area (TPSA) is 61.6 Å². The molecule has 0 spiro atoms. The van der Waals surface area contributed by atoms with Crippen molar-refractivity contribution in [3.63, 3.8) is 0 Å². The Kier molecular flexibility index (Phi) is 3.39. The Morgan fingerprint density at radius 3 is 2.61 bits per heavy atom. The molecule has 3 heterocycles. The molecule has 0 aliphatic carbocycles. The SMILES string of the molecule is O=c1c(-c2ncccc2C(F)(F)F)coc2ccc3cc4c(cc3c12)OCO4. The zero-order chi connectivity index (χ0) is 19.5. The summed E-state index contributed by atoms with van der Waals surface area (Å²) in [6.07, 6.45) is -2.44. The van der Waals surface area contributed by atoms with E-state index in [2.05, 4.69) is 4.98 Å². The second-order valence-corrected chi connectivity index (χ2v) is 6.24. The Labute approximate surface area is 154 Å². The van der Waals surface area contributed by atoms with Gasteiger partial charge < -0.3 is 13.9 Å². The maximum absolute atomic E-state index is 13.4. The molecule has 4 aromatic rings. The number of hydrogen-bond donors (Lipinski definition) is 0. The molecule has 0 N–H and O–H groups in total. The molecule has 2 aromatic heterocycles. The van der Waals surface area contributed by atoms with Crippen LogP contribution in [0.1, 0.15) is 5.56 Å². The summed E-state index contributed by atoms with van der Waals surface area (Å²) in [7, 11) is 0. The van der Waals surface area contributed by atoms with Gasteiger partial charge in [0.1, 0.15) is 11.8 Å². The molecule has 0 amide bonds. The monoisotopic (exact) mass is 385 g/mol. The molecule has 2 aromatic carbocycles. The van der Waals surface area contributed by atoms with E-state index in [1.807, 2.05) is 0 Å². The van der Waals surface area contributed by atoms with Crippen LogP contribution in [-0.4, -0.2) is 11.8 Å². The lowest BCUT2D eigenvalue weighted by Crippen LogP contribution is -2.13. The van der Waals surface area contributed by atoms with Gasteiger partial charge in [0, 0.05) is 11.6 Å². The van der Waals surface area contributed by atoms with E-state index in [0.717, 1.165) is 12.3 Å². The minimum absolute atomic E-state index is 0.0618. The first-order valence-corrected chi connectivity index (χ1v) is 8.24. The normalized spacial score (nSPS) is 13.4. The Balaban J connectivity index is 1.85. The van der Waals surface area contributed by atoms with Gasteiger partial charge in [0.25, 0.3) is 0 Å². The van der Waals surface area contributed by atoms with Crippen LogP contribution in [0.2, 0.25) is 0 Å². The predicted molar refractivity (Wildman–Crippen MR) is 94.3 cm³/mol. The van der Waals surface area contributed by atoms with Crippen molar-refractivity contribution in [3.8, 4) is 22.8 Å². The molecule has 5 nitrogen and oxygen atoms in total. The molecule has 28 heavy (non-hydrogen) atoms. The fraction of sp³-hybridized carbons (Fsp3) is 0.100. The average molecular weight is 385 g/mol. The van der Waals surface area contributed by atoms with Crippen LogP contribution in [0.15, 0.2) is 58.1 Å². The zero-order valence-corrected chi connectivity index (χ0v) is 14.0. The number of fused-ring (bicyclic) bond motifs is 4. The maximum atomic E-state index is 13.4. The summed E-state index contributed by atoms with van der Waals surface area (Å²) in [6, 6.07) is 8.73. The number of aromatic nitrogens is 1. The summed E-state index contributed by atoms with van der Waals surface area (Å²) in [5.41, 5.74) is -2.08. The van der Waals surface area contributed by atoms with Crippen molar-refractivity contribution in [2.75, 3.05) is 6.79 Å². The van der Waals surface area contributed by atoms with E-state index >= 15 is 0 Å². The molecular weight excluding hydrogens is 375 g/mol. The highest BCUT2D eigenvalue weighted by Crippen LogP contribution is 2.39. The van der Waals surface area contributed by atoms with Crippen LogP contribution in [0.5, 0.6) is 11.5 Å². The van der Waals surface area contributed by atoms with Crippen LogP contribution in [-0.2, 0) is 6.18 Å². The molecular formula is C20H10F3NO4. The maximum Gasteiger partial charge on any atom is 0.418 e. The third-order valence-corrected chi connectivity index (χ3v) is 4.62. The predicted octanol–water partition coefficient (Wildman–Crippen LogP) is 4.76. The third kappa shape index (κ3) is 2.41. The Morgan fingerprint density at radius 1 is 1.04 bits per heavy atom. The minimum atomic E-state index is -4.66. The highest BCUT2D eigenvalue weighted by atomic mass is 19.4. The minimum Gasteiger partial charge on any atom is -0.463 e. The van der Waals surface area contributed by atoms with E-state index in [1.54, 1.807) is 24.3 Å². The molecule has 140 valence electrons. The third-order valence-electron chi connectivity index (χ3n) is 4.62. The van der Waals surface area contributed by atoms with Gasteiger partial charge in [-0.2, -0.15) is 13.2 Å². The van der Waals surface area contributed by atoms with E-state index in [9.17, 15) is 18.0 Å². The summed E-state index contributed by atoms with van der Waals surface area (Å²) >= 11 is 0. The van der Waals surface area contributed by atoms with Crippen LogP contribution >= 0.6 is 0 Å². The first kappa shape index (κ1) is 16.6. The standard InChI is InChI=1S/C20H10F3NO4/c21-20(22,23)13-2-1-5-24-18(13)12-8-26-14-4-3-10-6-15-16(28-9-27-15)7-11(10)17(14)19(12)25/h1-8H,9H2. The lowest BCUT2D eigenvalue weighted by atomic mass is 10.0. The average Bonchev–Trinajstić information content (AvgIpc) is 3.13. The number of nitrogens with zero attached hydrogens (tertiary/aromatic N) is 1. The first-order valence-electron chi connectivity index (χ1n) is 8.24. The molecule has 5 rings (SSSR count). The molecule has 0 saturated carbocycles. The fourth-order valence-corrected chi connectivity index (χ4v) is 3.35. The quantitative estimate of drug-likeness (QED) is 0.442. The van der Waals surface area contributed by atoms with Crippen LogP contribution in [0.25, 0.3) is 33.0 Å². The molecule has 0 unspecified atom stereocenters. The highest BCUT2D eigenvalue weighted by molar-refractivity contribution is 6.07. The Hall–Kier alpha value is -3.55. The lowest BCUT2D eigenvalue weighted by molar-refractivity contribution is -0.137. The molecule has 1 aliphatic heterocycles. The number of alkyl halides is 3. The van der Waals surface area contributed by atoms with Gasteiger partial charge in [-0.25, -0.2) is 0 Å². The van der Waals surface area contributed by atoms with Gasteiger partial charge in [0.05, 0.1) is 22.2 Å². The second kappa shape index (κ2) is 5.72. The van der Waals surface area contributed by atoms with Crippen LogP contribution in [0.3, 0.4) is 0 Å². The number of hydrogen-bond acceptors (Lipinski definition) is 5. The lowest BCUT2D eigenvalue weighted by Gasteiger charge is -2.12. The van der Waals surface area contributed by atoms with Crippen LogP contribution in [0.4, 0.5) is 13.2 Å². The van der Waals surface area contributed by atoms with Crippen LogP contribution < -0.4 is 14.9 Å². The van der Waals surface area contributed by atoms with Gasteiger partial charge in [0.15, 0.2) is 11.5 Å². The summed E-state index contributed by atoms with van der Waals surface area (Å²) in [5, 5.41) is 1.34. The van der Waals surface area contributed by atoms with Gasteiger partial charge in [-0.1, -0.05) is 6.07 Å². The molecule has 0 bridgehead atoms.